The molecule has 0 aliphatic carbocycles. The molecular weight excluding hydrogens is 368 g/mol. The molecule has 0 fully saturated rings. The van der Waals surface area contributed by atoms with Gasteiger partial charge in [-0.15, -0.1) is 0 Å². The fourth-order valence-electron chi connectivity index (χ4n) is 0.604. The Bertz CT molecular complexity index is 242. The van der Waals surface area contributed by atoms with Crippen molar-refractivity contribution in [3.05, 3.63) is 13.4 Å². The minimum absolute atomic E-state index is 0.0172. The van der Waals surface area contributed by atoms with Crippen molar-refractivity contribution in [1.82, 2.24) is 4.98 Å². The third kappa shape index (κ3) is 2.30. The predicted octanol–water partition coefficient (Wildman–Crippen LogP) is 3.18. The molecule has 62 valence electrons. The first kappa shape index (κ1) is 9.76. The molecule has 0 aromatic carbocycles. The lowest BCUT2D eigenvalue weighted by molar-refractivity contribution is 0.380. The van der Waals surface area contributed by atoms with Gasteiger partial charge in [-0.25, -0.2) is 4.98 Å². The molecule has 0 aliphatic heterocycles. The maximum atomic E-state index is 5.45. The van der Waals surface area contributed by atoms with Gasteiger partial charge in [0.2, 0.25) is 5.89 Å². The van der Waals surface area contributed by atoms with E-state index in [0.29, 0.717) is 0 Å². The van der Waals surface area contributed by atoms with E-state index in [-0.39, 0.29) is 5.41 Å². The van der Waals surface area contributed by atoms with Gasteiger partial charge < -0.3 is 4.42 Å². The van der Waals surface area contributed by atoms with Crippen LogP contribution in [0.3, 0.4) is 0 Å². The summed E-state index contributed by atoms with van der Waals surface area (Å²) in [5, 5.41) is 0. The predicted molar refractivity (Wildman–Crippen MR) is 60.6 cm³/mol. The van der Waals surface area contributed by atoms with Gasteiger partial charge in [0.15, 0.2) is 7.47 Å². The Labute approximate surface area is 93.4 Å². The van der Waals surface area contributed by atoms with Crippen molar-refractivity contribution in [2.75, 3.05) is 0 Å². The van der Waals surface area contributed by atoms with Gasteiger partial charge in [-0.3, -0.25) is 0 Å². The molecule has 0 unspecified atom stereocenters. The molecule has 1 aromatic rings. The van der Waals surface area contributed by atoms with Crippen molar-refractivity contribution in [3.63, 3.8) is 0 Å². The van der Waals surface area contributed by atoms with Gasteiger partial charge in [-0.2, -0.15) is 0 Å². The normalized spacial score (nSPS) is 12.1. The average molecular weight is 377 g/mol. The summed E-state index contributed by atoms with van der Waals surface area (Å²) >= 11 is 4.32. The van der Waals surface area contributed by atoms with E-state index in [4.69, 9.17) is 4.42 Å². The number of rotatable bonds is 0. The highest BCUT2D eigenvalue weighted by Gasteiger charge is 2.21. The summed E-state index contributed by atoms with van der Waals surface area (Å²) < 4.78 is 7.28. The fraction of sp³-hybridized carbons (Fsp3) is 0.571. The monoisotopic (exact) mass is 377 g/mol. The van der Waals surface area contributed by atoms with Crippen molar-refractivity contribution < 1.29 is 4.42 Å². The zero-order valence-electron chi connectivity index (χ0n) is 6.61. The third-order valence-corrected chi connectivity index (χ3v) is 3.68. The summed E-state index contributed by atoms with van der Waals surface area (Å²) in [7, 11) is 0. The zero-order valence-corrected chi connectivity index (χ0v) is 10.9. The van der Waals surface area contributed by atoms with Crippen LogP contribution in [-0.2, 0) is 5.41 Å². The van der Waals surface area contributed by atoms with Crippen LogP contribution in [0.25, 0.3) is 0 Å². The Morgan fingerprint density at radius 2 is 1.82 bits per heavy atom. The Morgan fingerprint density at radius 3 is 2.00 bits per heavy atom. The number of aromatic nitrogens is 1. The summed E-state index contributed by atoms with van der Waals surface area (Å²) in [6, 6.07) is 0. The molecule has 1 heterocycles. The standard InChI is InChI=1S/C7H9I2NO/c1-7(2,3)6-10-4(8)5(9)11-6/h1-3H3. The van der Waals surface area contributed by atoms with Crippen LogP contribution in [0.2, 0.25) is 0 Å². The molecule has 0 saturated carbocycles. The second-order valence-corrected chi connectivity index (χ2v) is 5.34. The SMILES string of the molecule is CC(C)(C)c1nc(I)c(I)o1. The molecule has 0 amide bonds. The van der Waals surface area contributed by atoms with E-state index in [1.165, 1.54) is 0 Å². The van der Waals surface area contributed by atoms with Crippen LogP contribution in [0.4, 0.5) is 0 Å². The third-order valence-electron chi connectivity index (χ3n) is 1.19. The largest absolute Gasteiger partial charge is 0.433 e. The first-order valence-electron chi connectivity index (χ1n) is 3.23. The Kier molecular flexibility index (Phi) is 2.83. The van der Waals surface area contributed by atoms with E-state index in [2.05, 4.69) is 70.9 Å². The minimum atomic E-state index is 0.0172. The van der Waals surface area contributed by atoms with Crippen molar-refractivity contribution in [2.45, 2.75) is 26.2 Å². The first-order valence-corrected chi connectivity index (χ1v) is 5.39. The molecule has 0 N–H and O–H groups in total. The Morgan fingerprint density at radius 1 is 1.27 bits per heavy atom. The Hall–Kier alpha value is 0.670. The Balaban J connectivity index is 3.08. The molecule has 0 radical (unpaired) electrons. The second kappa shape index (κ2) is 3.20. The molecule has 0 spiro atoms. The van der Waals surface area contributed by atoms with Gasteiger partial charge >= 0.3 is 0 Å². The highest BCUT2D eigenvalue weighted by atomic mass is 127. The van der Waals surface area contributed by atoms with Gasteiger partial charge in [0.25, 0.3) is 0 Å². The molecular formula is C7H9I2NO. The molecule has 4 heteroatoms. The molecule has 1 rings (SSSR count). The molecule has 0 atom stereocenters. The first-order chi connectivity index (χ1) is 4.91. The lowest BCUT2D eigenvalue weighted by Gasteiger charge is -2.11. The van der Waals surface area contributed by atoms with Gasteiger partial charge in [0.05, 0.1) is 0 Å². The van der Waals surface area contributed by atoms with E-state index in [1.54, 1.807) is 0 Å². The number of hydrogen-bond donors (Lipinski definition) is 0. The van der Waals surface area contributed by atoms with Crippen LogP contribution >= 0.6 is 45.2 Å². The van der Waals surface area contributed by atoms with E-state index >= 15 is 0 Å². The molecule has 0 saturated heterocycles. The summed E-state index contributed by atoms with van der Waals surface area (Å²) in [5.74, 6) is 0.811. The van der Waals surface area contributed by atoms with Gasteiger partial charge in [0.1, 0.15) is 0 Å². The average Bonchev–Trinajstić information content (AvgIpc) is 2.11. The van der Waals surface area contributed by atoms with Crippen LogP contribution in [-0.4, -0.2) is 4.98 Å². The van der Waals surface area contributed by atoms with Crippen LogP contribution in [0, 0.1) is 7.47 Å². The highest BCUT2D eigenvalue weighted by Crippen LogP contribution is 2.25. The van der Waals surface area contributed by atoms with E-state index in [0.717, 1.165) is 13.4 Å². The second-order valence-electron chi connectivity index (χ2n) is 3.33. The number of nitrogens with zero attached hydrogens (tertiary/aromatic N) is 1. The van der Waals surface area contributed by atoms with Gasteiger partial charge in [0, 0.05) is 28.0 Å². The zero-order chi connectivity index (χ0) is 8.65. The van der Waals surface area contributed by atoms with Crippen LogP contribution in [0.1, 0.15) is 26.7 Å². The van der Waals surface area contributed by atoms with E-state index in [1.807, 2.05) is 0 Å². The molecule has 0 bridgehead atoms. The van der Waals surface area contributed by atoms with Gasteiger partial charge in [-0.1, -0.05) is 20.8 Å². The van der Waals surface area contributed by atoms with Crippen LogP contribution < -0.4 is 0 Å². The van der Waals surface area contributed by atoms with Crippen molar-refractivity contribution in [1.29, 1.82) is 0 Å². The maximum absolute atomic E-state index is 5.45. The molecule has 2 nitrogen and oxygen atoms in total. The summed E-state index contributed by atoms with van der Waals surface area (Å²) in [6.07, 6.45) is 0. The molecule has 11 heavy (non-hydrogen) atoms. The lowest BCUT2D eigenvalue weighted by atomic mass is 9.97. The van der Waals surface area contributed by atoms with Crippen LogP contribution in [0.5, 0.6) is 0 Å². The topological polar surface area (TPSA) is 26.0 Å². The summed E-state index contributed by atoms with van der Waals surface area (Å²) in [5.41, 5.74) is 0.0172. The van der Waals surface area contributed by atoms with Crippen molar-refractivity contribution in [2.24, 2.45) is 0 Å². The quantitative estimate of drug-likeness (QED) is 0.650. The maximum Gasteiger partial charge on any atom is 0.202 e. The fourth-order valence-corrected chi connectivity index (χ4v) is 1.26. The smallest absolute Gasteiger partial charge is 0.202 e. The molecule has 0 aliphatic rings. The van der Waals surface area contributed by atoms with Crippen LogP contribution in [0.15, 0.2) is 4.42 Å². The van der Waals surface area contributed by atoms with E-state index < -0.39 is 0 Å². The van der Waals surface area contributed by atoms with Crippen molar-refractivity contribution in [3.8, 4) is 0 Å². The molecule has 1 aromatic heterocycles. The van der Waals surface area contributed by atoms with Gasteiger partial charge in [-0.05, 0) is 22.6 Å². The summed E-state index contributed by atoms with van der Waals surface area (Å²) in [6.45, 7) is 6.26. The van der Waals surface area contributed by atoms with E-state index in [9.17, 15) is 0 Å². The number of halogens is 2. The minimum Gasteiger partial charge on any atom is -0.433 e. The lowest BCUT2D eigenvalue weighted by Crippen LogP contribution is -2.11. The highest BCUT2D eigenvalue weighted by molar-refractivity contribution is 14.1. The number of oxazole rings is 1. The number of hydrogen-bond acceptors (Lipinski definition) is 2. The van der Waals surface area contributed by atoms with Crippen molar-refractivity contribution >= 4 is 45.2 Å². The summed E-state index contributed by atoms with van der Waals surface area (Å²) in [4.78, 5) is 4.29.